The molecule has 11 heteroatoms. The van der Waals surface area contributed by atoms with E-state index in [2.05, 4.69) is 10.2 Å². The maximum Gasteiger partial charge on any atom is 0.272 e. The quantitative estimate of drug-likeness (QED) is 0.723. The summed E-state index contributed by atoms with van der Waals surface area (Å²) in [6.07, 6.45) is 1.04. The third-order valence-electron chi connectivity index (χ3n) is 1.83. The van der Waals surface area contributed by atoms with Crippen molar-refractivity contribution in [3.8, 4) is 0 Å². The molecule has 1 aromatic heterocycles. The molecule has 0 unspecified atom stereocenters. The van der Waals surface area contributed by atoms with Crippen LogP contribution in [-0.4, -0.2) is 56.9 Å². The summed E-state index contributed by atoms with van der Waals surface area (Å²) in [7, 11) is -5.75. The SMILES string of the molecule is CN(CCS(C)(=O)=O)S(=O)(=O)c1nnc(N)s1. The van der Waals surface area contributed by atoms with Crippen LogP contribution >= 0.6 is 11.3 Å². The molecule has 0 saturated heterocycles. The van der Waals surface area contributed by atoms with Crippen molar-refractivity contribution in [2.75, 3.05) is 31.3 Å². The van der Waals surface area contributed by atoms with E-state index in [9.17, 15) is 16.8 Å². The van der Waals surface area contributed by atoms with E-state index in [4.69, 9.17) is 5.73 Å². The highest BCUT2D eigenvalue weighted by Gasteiger charge is 2.25. The largest absolute Gasteiger partial charge is 0.374 e. The lowest BCUT2D eigenvalue weighted by atomic mass is 10.8. The van der Waals surface area contributed by atoms with Gasteiger partial charge in [0.15, 0.2) is 0 Å². The van der Waals surface area contributed by atoms with E-state index in [0.29, 0.717) is 0 Å². The Morgan fingerprint density at radius 1 is 1.29 bits per heavy atom. The van der Waals surface area contributed by atoms with Gasteiger partial charge in [0, 0.05) is 19.8 Å². The van der Waals surface area contributed by atoms with Crippen LogP contribution in [0.1, 0.15) is 0 Å². The summed E-state index contributed by atoms with van der Waals surface area (Å²) >= 11 is 0.733. The Morgan fingerprint density at radius 3 is 2.29 bits per heavy atom. The molecule has 1 rings (SSSR count). The maximum atomic E-state index is 11.8. The normalized spacial score (nSPS) is 13.1. The number of aromatic nitrogens is 2. The van der Waals surface area contributed by atoms with Gasteiger partial charge in [0.2, 0.25) is 9.47 Å². The molecule has 0 fully saturated rings. The van der Waals surface area contributed by atoms with E-state index in [-0.39, 0.29) is 21.8 Å². The molecule has 2 N–H and O–H groups in total. The highest BCUT2D eigenvalue weighted by Crippen LogP contribution is 2.19. The van der Waals surface area contributed by atoms with Gasteiger partial charge >= 0.3 is 0 Å². The number of hydrogen-bond acceptors (Lipinski definition) is 8. The second-order valence-electron chi connectivity index (χ2n) is 3.36. The molecule has 0 aliphatic rings. The molecule has 17 heavy (non-hydrogen) atoms. The first-order valence-corrected chi connectivity index (χ1v) is 8.67. The van der Waals surface area contributed by atoms with Gasteiger partial charge < -0.3 is 5.73 Å². The fourth-order valence-electron chi connectivity index (χ4n) is 0.872. The first-order valence-electron chi connectivity index (χ1n) is 4.36. The van der Waals surface area contributed by atoms with E-state index < -0.39 is 19.9 Å². The van der Waals surface area contributed by atoms with Crippen molar-refractivity contribution in [3.63, 3.8) is 0 Å². The van der Waals surface area contributed by atoms with Gasteiger partial charge in [0.25, 0.3) is 10.0 Å². The third-order valence-corrected chi connectivity index (χ3v) is 5.71. The number of sulfonamides is 1. The van der Waals surface area contributed by atoms with Crippen molar-refractivity contribution in [1.82, 2.24) is 14.5 Å². The smallest absolute Gasteiger partial charge is 0.272 e. The highest BCUT2D eigenvalue weighted by atomic mass is 32.2. The van der Waals surface area contributed by atoms with Crippen molar-refractivity contribution < 1.29 is 16.8 Å². The van der Waals surface area contributed by atoms with Gasteiger partial charge in [0.1, 0.15) is 9.84 Å². The lowest BCUT2D eigenvalue weighted by molar-refractivity contribution is 0.483. The number of nitrogens with two attached hydrogens (primary N) is 1. The maximum absolute atomic E-state index is 11.8. The molecule has 0 spiro atoms. The predicted octanol–water partition coefficient (Wildman–Crippen LogP) is -1.21. The van der Waals surface area contributed by atoms with Gasteiger partial charge in [-0.2, -0.15) is 4.31 Å². The minimum atomic E-state index is -3.81. The standard InChI is InChI=1S/C6H12N4O4S3/c1-10(3-4-16(2,11)12)17(13,14)6-9-8-5(7)15-6/h3-4H2,1-2H3,(H2,7,8). The monoisotopic (exact) mass is 300 g/mol. The summed E-state index contributed by atoms with van der Waals surface area (Å²) in [5, 5.41) is 6.86. The number of anilines is 1. The molecule has 0 amide bonds. The minimum absolute atomic E-state index is 0.0417. The number of rotatable bonds is 5. The molecule has 8 nitrogen and oxygen atoms in total. The van der Waals surface area contributed by atoms with Crippen LogP contribution in [0.4, 0.5) is 5.13 Å². The highest BCUT2D eigenvalue weighted by molar-refractivity contribution is 7.91. The van der Waals surface area contributed by atoms with E-state index in [0.717, 1.165) is 21.9 Å². The molecule has 0 saturated carbocycles. The van der Waals surface area contributed by atoms with Gasteiger partial charge in [0.05, 0.1) is 5.75 Å². The Kier molecular flexibility index (Phi) is 4.06. The van der Waals surface area contributed by atoms with Crippen LogP contribution in [0.5, 0.6) is 0 Å². The molecule has 0 atom stereocenters. The minimum Gasteiger partial charge on any atom is -0.374 e. The zero-order valence-corrected chi connectivity index (χ0v) is 11.6. The molecule has 1 heterocycles. The topological polar surface area (TPSA) is 123 Å². The number of sulfone groups is 1. The first-order chi connectivity index (χ1) is 7.63. The molecule has 0 bridgehead atoms. The van der Waals surface area contributed by atoms with E-state index >= 15 is 0 Å². The average Bonchev–Trinajstić information content (AvgIpc) is 2.60. The summed E-state index contributed by atoms with van der Waals surface area (Å²) < 4.78 is 46.2. The molecule has 98 valence electrons. The number of hydrogen-bond donors (Lipinski definition) is 1. The van der Waals surface area contributed by atoms with Crippen molar-refractivity contribution in [2.45, 2.75) is 4.34 Å². The van der Waals surface area contributed by atoms with E-state index in [1.165, 1.54) is 7.05 Å². The van der Waals surface area contributed by atoms with Crippen molar-refractivity contribution in [1.29, 1.82) is 0 Å². The average molecular weight is 300 g/mol. The molecule has 0 aromatic carbocycles. The van der Waals surface area contributed by atoms with E-state index in [1.54, 1.807) is 0 Å². The van der Waals surface area contributed by atoms with Gasteiger partial charge in [-0.25, -0.2) is 16.8 Å². The fourth-order valence-corrected chi connectivity index (χ4v) is 3.74. The van der Waals surface area contributed by atoms with Gasteiger partial charge in [-0.1, -0.05) is 11.3 Å². The molecule has 0 radical (unpaired) electrons. The zero-order valence-electron chi connectivity index (χ0n) is 9.19. The van der Waals surface area contributed by atoms with Gasteiger partial charge in [-0.3, -0.25) is 0 Å². The summed E-state index contributed by atoms with van der Waals surface area (Å²) in [5.41, 5.74) is 5.28. The molecule has 0 aliphatic heterocycles. The van der Waals surface area contributed by atoms with Crippen molar-refractivity contribution in [2.24, 2.45) is 0 Å². The van der Waals surface area contributed by atoms with Crippen molar-refractivity contribution >= 4 is 36.3 Å². The van der Waals surface area contributed by atoms with Crippen LogP contribution in [0.25, 0.3) is 0 Å². The second-order valence-corrected chi connectivity index (χ2v) is 8.85. The Bertz CT molecular complexity index is 591. The van der Waals surface area contributed by atoms with Crippen LogP contribution < -0.4 is 5.73 Å². The van der Waals surface area contributed by atoms with Crippen LogP contribution in [0.2, 0.25) is 0 Å². The Balaban J connectivity index is 2.85. The lowest BCUT2D eigenvalue weighted by Crippen LogP contribution is -2.31. The molecule has 1 aromatic rings. The van der Waals surface area contributed by atoms with Gasteiger partial charge in [-0.15, -0.1) is 10.2 Å². The Hall–Kier alpha value is -0.780. The number of nitrogens with zero attached hydrogens (tertiary/aromatic N) is 3. The van der Waals surface area contributed by atoms with Crippen LogP contribution in [-0.2, 0) is 19.9 Å². The molecule has 0 aliphatic carbocycles. The van der Waals surface area contributed by atoms with Crippen LogP contribution in [0.3, 0.4) is 0 Å². The molecular weight excluding hydrogens is 288 g/mol. The summed E-state index contributed by atoms with van der Waals surface area (Å²) in [6.45, 7) is -0.138. The Morgan fingerprint density at radius 2 is 1.88 bits per heavy atom. The fraction of sp³-hybridized carbons (Fsp3) is 0.667. The van der Waals surface area contributed by atoms with Crippen molar-refractivity contribution in [3.05, 3.63) is 0 Å². The number of nitrogen functional groups attached to an aromatic ring is 1. The van der Waals surface area contributed by atoms with Crippen LogP contribution in [0.15, 0.2) is 4.34 Å². The third kappa shape index (κ3) is 3.87. The zero-order chi connectivity index (χ0) is 13.3. The summed E-state index contributed by atoms with van der Waals surface area (Å²) in [5.74, 6) is -0.253. The Labute approximate surface area is 103 Å². The van der Waals surface area contributed by atoms with Gasteiger partial charge in [-0.05, 0) is 0 Å². The second kappa shape index (κ2) is 4.84. The van der Waals surface area contributed by atoms with Crippen LogP contribution in [0, 0.1) is 0 Å². The molecular formula is C6H12N4O4S3. The lowest BCUT2D eigenvalue weighted by Gasteiger charge is -2.13. The summed E-state index contributed by atoms with van der Waals surface area (Å²) in [4.78, 5) is 0. The first kappa shape index (κ1) is 14.3. The summed E-state index contributed by atoms with van der Waals surface area (Å²) in [6, 6.07) is 0. The van der Waals surface area contributed by atoms with E-state index in [1.807, 2.05) is 0 Å². The predicted molar refractivity (Wildman–Crippen MR) is 63.8 cm³/mol.